The van der Waals surface area contributed by atoms with Gasteiger partial charge in [0.15, 0.2) is 0 Å². The van der Waals surface area contributed by atoms with E-state index in [0.29, 0.717) is 12.2 Å². The lowest BCUT2D eigenvalue weighted by atomic mass is 10.0. The summed E-state index contributed by atoms with van der Waals surface area (Å²) in [5, 5.41) is 18.4. The summed E-state index contributed by atoms with van der Waals surface area (Å²) in [5.74, 6) is -1.22. The van der Waals surface area contributed by atoms with Crippen LogP contribution < -0.4 is 5.73 Å². The van der Waals surface area contributed by atoms with Crippen molar-refractivity contribution in [2.75, 3.05) is 13.7 Å². The summed E-state index contributed by atoms with van der Waals surface area (Å²) in [6, 6.07) is 5.70. The van der Waals surface area contributed by atoms with Gasteiger partial charge in [-0.05, 0) is 17.5 Å². The number of carboxylic acids is 1. The number of hydrogen-bond acceptors (Lipinski definition) is 4. The van der Waals surface area contributed by atoms with E-state index in [1.807, 2.05) is 12.1 Å². The van der Waals surface area contributed by atoms with E-state index in [9.17, 15) is 9.90 Å². The number of aliphatic hydroxyl groups is 1. The molecule has 0 aliphatic rings. The molecule has 18 heavy (non-hydrogen) atoms. The minimum absolute atomic E-state index is 0. The first-order valence-electron chi connectivity index (χ1n) is 5.30. The number of methoxy groups -OCH3 is 1. The van der Waals surface area contributed by atoms with Crippen molar-refractivity contribution in [3.8, 4) is 0 Å². The number of aliphatic hydroxyl groups excluding tert-OH is 1. The zero-order valence-corrected chi connectivity index (χ0v) is 10.9. The normalized spacial score (nSPS) is 13.5. The quantitative estimate of drug-likeness (QED) is 0.712. The summed E-state index contributed by atoms with van der Waals surface area (Å²) in [5.41, 5.74) is 6.90. The summed E-state index contributed by atoms with van der Waals surface area (Å²) < 4.78 is 4.95. The lowest BCUT2D eigenvalue weighted by molar-refractivity contribution is -0.141. The summed E-state index contributed by atoms with van der Waals surface area (Å²) in [6.07, 6.45) is -0.415. The minimum Gasteiger partial charge on any atom is -0.480 e. The molecule has 5 nitrogen and oxygen atoms in total. The van der Waals surface area contributed by atoms with Gasteiger partial charge in [-0.2, -0.15) is 0 Å². The van der Waals surface area contributed by atoms with Crippen LogP contribution in [0.15, 0.2) is 24.3 Å². The van der Waals surface area contributed by atoms with Gasteiger partial charge in [0.05, 0.1) is 6.61 Å². The number of ether oxygens (including phenoxy) is 1. The number of benzene rings is 1. The molecule has 1 aromatic carbocycles. The van der Waals surface area contributed by atoms with Crippen molar-refractivity contribution in [2.24, 2.45) is 5.73 Å². The third kappa shape index (κ3) is 4.62. The molecule has 0 fully saturated rings. The van der Waals surface area contributed by atoms with Gasteiger partial charge in [0.2, 0.25) is 0 Å². The van der Waals surface area contributed by atoms with Gasteiger partial charge in [0.25, 0.3) is 0 Å². The molecule has 0 amide bonds. The fourth-order valence-electron chi connectivity index (χ4n) is 1.44. The summed E-state index contributed by atoms with van der Waals surface area (Å²) in [7, 11) is 1.63. The minimum atomic E-state index is -1.31. The molecule has 0 aliphatic carbocycles. The summed E-state index contributed by atoms with van der Waals surface area (Å²) in [6.45, 7) is 0.622. The second kappa shape index (κ2) is 8.05. The van der Waals surface area contributed by atoms with Crippen molar-refractivity contribution in [3.63, 3.8) is 0 Å². The van der Waals surface area contributed by atoms with E-state index in [1.165, 1.54) is 0 Å². The monoisotopic (exact) mass is 275 g/mol. The average molecular weight is 276 g/mol. The smallest absolute Gasteiger partial charge is 0.323 e. The van der Waals surface area contributed by atoms with Gasteiger partial charge in [-0.15, -0.1) is 12.4 Å². The van der Waals surface area contributed by atoms with E-state index >= 15 is 0 Å². The number of halogens is 1. The Morgan fingerprint density at radius 3 is 2.39 bits per heavy atom. The first-order chi connectivity index (χ1) is 8.06. The molecule has 1 rings (SSSR count). The van der Waals surface area contributed by atoms with E-state index < -0.39 is 18.1 Å². The van der Waals surface area contributed by atoms with E-state index in [0.717, 1.165) is 12.0 Å². The fraction of sp³-hybridized carbons (Fsp3) is 0.417. The Bertz CT molecular complexity index is 369. The van der Waals surface area contributed by atoms with Crippen molar-refractivity contribution in [2.45, 2.75) is 18.6 Å². The highest BCUT2D eigenvalue weighted by molar-refractivity contribution is 5.85. The van der Waals surface area contributed by atoms with E-state index in [2.05, 4.69) is 0 Å². The molecule has 0 bridgehead atoms. The lowest BCUT2D eigenvalue weighted by Crippen LogP contribution is -2.36. The van der Waals surface area contributed by atoms with Gasteiger partial charge in [0.1, 0.15) is 12.1 Å². The predicted molar refractivity (Wildman–Crippen MR) is 69.8 cm³/mol. The molecule has 0 radical (unpaired) electrons. The Hall–Kier alpha value is -1.14. The first kappa shape index (κ1) is 16.9. The van der Waals surface area contributed by atoms with Gasteiger partial charge in [-0.3, -0.25) is 4.79 Å². The number of aliphatic carboxylic acids is 1. The molecular formula is C12H18ClNO4. The zero-order valence-electron chi connectivity index (χ0n) is 10.1. The predicted octanol–water partition coefficient (Wildman–Crippen LogP) is 0.743. The Labute approximate surface area is 112 Å². The molecule has 0 unspecified atom stereocenters. The molecule has 0 spiro atoms. The van der Waals surface area contributed by atoms with Crippen LogP contribution in [0.4, 0.5) is 0 Å². The maximum atomic E-state index is 10.6. The largest absolute Gasteiger partial charge is 0.480 e. The summed E-state index contributed by atoms with van der Waals surface area (Å²) >= 11 is 0. The van der Waals surface area contributed by atoms with Gasteiger partial charge in [-0.25, -0.2) is 0 Å². The van der Waals surface area contributed by atoms with Crippen molar-refractivity contribution in [3.05, 3.63) is 35.4 Å². The third-order valence-corrected chi connectivity index (χ3v) is 2.54. The third-order valence-electron chi connectivity index (χ3n) is 2.54. The molecule has 1 aromatic rings. The highest BCUT2D eigenvalue weighted by Crippen LogP contribution is 2.16. The number of hydrogen-bond donors (Lipinski definition) is 3. The van der Waals surface area contributed by atoms with Crippen LogP contribution >= 0.6 is 12.4 Å². The van der Waals surface area contributed by atoms with E-state index in [4.69, 9.17) is 15.6 Å². The maximum absolute atomic E-state index is 10.6. The molecule has 0 heterocycles. The molecular weight excluding hydrogens is 258 g/mol. The Kier molecular flexibility index (Phi) is 7.54. The molecule has 0 aromatic heterocycles. The number of rotatable bonds is 6. The van der Waals surface area contributed by atoms with Crippen LogP contribution in [0, 0.1) is 0 Å². The highest BCUT2D eigenvalue weighted by Gasteiger charge is 2.23. The molecule has 2 atom stereocenters. The molecule has 4 N–H and O–H groups in total. The van der Waals surface area contributed by atoms with Crippen LogP contribution in [0.1, 0.15) is 17.2 Å². The van der Waals surface area contributed by atoms with Crippen molar-refractivity contribution < 1.29 is 19.7 Å². The number of carboxylic acid groups (broad SMARTS) is 1. The fourth-order valence-corrected chi connectivity index (χ4v) is 1.44. The van der Waals surface area contributed by atoms with Crippen molar-refractivity contribution in [1.29, 1.82) is 0 Å². The number of carbonyl (C=O) groups is 1. The van der Waals surface area contributed by atoms with Crippen LogP contribution in [0.5, 0.6) is 0 Å². The maximum Gasteiger partial charge on any atom is 0.323 e. The molecule has 102 valence electrons. The van der Waals surface area contributed by atoms with Crippen LogP contribution in [-0.4, -0.2) is 35.9 Å². The van der Waals surface area contributed by atoms with Crippen LogP contribution in [-0.2, 0) is 16.0 Å². The molecule has 0 saturated carbocycles. The molecule has 0 saturated heterocycles. The SMILES string of the molecule is COCCc1ccc([C@@H](O)[C@H](N)C(=O)O)cc1.Cl. The highest BCUT2D eigenvalue weighted by atomic mass is 35.5. The van der Waals surface area contributed by atoms with E-state index in [-0.39, 0.29) is 12.4 Å². The van der Waals surface area contributed by atoms with Gasteiger partial charge >= 0.3 is 5.97 Å². The first-order valence-corrected chi connectivity index (χ1v) is 5.30. The van der Waals surface area contributed by atoms with Crippen molar-refractivity contribution in [1.82, 2.24) is 0 Å². The second-order valence-corrected chi connectivity index (χ2v) is 3.79. The standard InChI is InChI=1S/C12H17NO4.ClH/c1-17-7-6-8-2-4-9(5-3-8)11(14)10(13)12(15)16;/h2-5,10-11,14H,6-7,13H2,1H3,(H,15,16);1H/t10-,11+;/m0./s1. The second-order valence-electron chi connectivity index (χ2n) is 3.79. The average Bonchev–Trinajstić information content (AvgIpc) is 2.35. The lowest BCUT2D eigenvalue weighted by Gasteiger charge is -2.15. The van der Waals surface area contributed by atoms with Gasteiger partial charge in [0, 0.05) is 7.11 Å². The summed E-state index contributed by atoms with van der Waals surface area (Å²) in [4.78, 5) is 10.6. The van der Waals surface area contributed by atoms with E-state index in [1.54, 1.807) is 19.2 Å². The van der Waals surface area contributed by atoms with Crippen molar-refractivity contribution >= 4 is 18.4 Å². The van der Waals surface area contributed by atoms with Gasteiger partial charge < -0.3 is 20.7 Å². The van der Waals surface area contributed by atoms with Crippen LogP contribution in [0.25, 0.3) is 0 Å². The number of nitrogens with two attached hydrogens (primary N) is 1. The van der Waals surface area contributed by atoms with Crippen LogP contribution in [0.2, 0.25) is 0 Å². The topological polar surface area (TPSA) is 92.8 Å². The Balaban J connectivity index is 0.00000289. The van der Waals surface area contributed by atoms with Gasteiger partial charge in [-0.1, -0.05) is 24.3 Å². The Morgan fingerprint density at radius 2 is 1.94 bits per heavy atom. The Morgan fingerprint density at radius 1 is 1.39 bits per heavy atom. The molecule has 0 aliphatic heterocycles. The van der Waals surface area contributed by atoms with Crippen LogP contribution in [0.3, 0.4) is 0 Å². The zero-order chi connectivity index (χ0) is 12.8. The molecule has 6 heteroatoms.